The molecule has 0 saturated carbocycles. The number of aromatic nitrogens is 1. The molecule has 3 N–H and O–H groups in total. The van der Waals surface area contributed by atoms with Crippen LogP contribution in [0.15, 0.2) is 41.4 Å². The Kier molecular flexibility index (Phi) is 6.50. The van der Waals surface area contributed by atoms with Crippen molar-refractivity contribution in [2.45, 2.75) is 30.3 Å². The third-order valence-corrected chi connectivity index (χ3v) is 5.94. The molecule has 0 bridgehead atoms. The van der Waals surface area contributed by atoms with E-state index in [-0.39, 0.29) is 23.6 Å². The highest BCUT2D eigenvalue weighted by Gasteiger charge is 2.35. The Morgan fingerprint density at radius 3 is 2.71 bits per heavy atom. The molecule has 148 valence electrons. The van der Waals surface area contributed by atoms with Gasteiger partial charge in [0.2, 0.25) is 5.91 Å². The normalized spacial score (nSPS) is 18.1. The van der Waals surface area contributed by atoms with E-state index in [0.717, 1.165) is 12.3 Å². The van der Waals surface area contributed by atoms with Crippen molar-refractivity contribution in [1.82, 2.24) is 14.6 Å². The van der Waals surface area contributed by atoms with Crippen molar-refractivity contribution in [2.24, 2.45) is 0 Å². The molecule has 2 heterocycles. The average molecular weight is 409 g/mol. The van der Waals surface area contributed by atoms with Crippen LogP contribution in [0.4, 0.5) is 8.78 Å². The third kappa shape index (κ3) is 4.61. The highest BCUT2D eigenvalue weighted by atomic mass is 32.2. The second-order valence-electron chi connectivity index (χ2n) is 6.29. The highest BCUT2D eigenvalue weighted by molar-refractivity contribution is 7.82. The number of hydrogen-bond donors (Lipinski definition) is 3. The monoisotopic (exact) mass is 409 g/mol. The van der Waals surface area contributed by atoms with Gasteiger partial charge in [0, 0.05) is 12.0 Å². The lowest BCUT2D eigenvalue weighted by atomic mass is 9.80. The summed E-state index contributed by atoms with van der Waals surface area (Å²) in [5, 5.41) is 20.9. The van der Waals surface area contributed by atoms with Crippen molar-refractivity contribution < 1.29 is 27.8 Å². The van der Waals surface area contributed by atoms with E-state index in [0.29, 0.717) is 24.3 Å². The minimum atomic E-state index is -1.99. The summed E-state index contributed by atoms with van der Waals surface area (Å²) in [5.74, 6) is -1.66. The molecule has 1 saturated heterocycles. The van der Waals surface area contributed by atoms with Gasteiger partial charge in [-0.1, -0.05) is 0 Å². The molecule has 1 aliphatic heterocycles. The van der Waals surface area contributed by atoms with Crippen molar-refractivity contribution in [3.05, 3.63) is 53.9 Å². The number of halogens is 2. The van der Waals surface area contributed by atoms with Crippen molar-refractivity contribution in [1.29, 1.82) is 0 Å². The second kappa shape index (κ2) is 8.86. The Morgan fingerprint density at radius 1 is 1.32 bits per heavy atom. The maximum Gasteiger partial charge on any atom is 0.491 e. The summed E-state index contributed by atoms with van der Waals surface area (Å²) in [6.45, 7) is 0.407. The summed E-state index contributed by atoms with van der Waals surface area (Å²) in [7, 11) is -3.59. The Morgan fingerprint density at radius 2 is 2.04 bits per heavy atom. The number of amides is 1. The van der Waals surface area contributed by atoms with Crippen LogP contribution in [0.2, 0.25) is 0 Å². The van der Waals surface area contributed by atoms with Crippen LogP contribution in [0, 0.1) is 11.6 Å². The van der Waals surface area contributed by atoms with Gasteiger partial charge in [0.1, 0.15) is 28.7 Å². The molecule has 0 spiro atoms. The maximum absolute atomic E-state index is 13.5. The van der Waals surface area contributed by atoms with Gasteiger partial charge in [-0.15, -0.1) is 0 Å². The van der Waals surface area contributed by atoms with Crippen LogP contribution in [-0.2, 0) is 22.3 Å². The van der Waals surface area contributed by atoms with Crippen molar-refractivity contribution in [2.75, 3.05) is 6.54 Å². The van der Waals surface area contributed by atoms with Gasteiger partial charge in [-0.3, -0.25) is 9.78 Å². The number of pyridine rings is 1. The standard InChI is InChI=1S/C17H18BF2N3O4S/c19-11-3-5-13(6-4-11)28(27)23-7-1-2-16(23)17(24)22-9-12-8-14(18(25)26)15(20)10-21-12/h3-6,8,10,16,25-26H,1-2,7,9H2,(H,22,24). The first-order chi connectivity index (χ1) is 13.4. The van der Waals surface area contributed by atoms with E-state index >= 15 is 0 Å². The van der Waals surface area contributed by atoms with Crippen LogP contribution in [0.3, 0.4) is 0 Å². The molecule has 3 rings (SSSR count). The molecule has 2 atom stereocenters. The van der Waals surface area contributed by atoms with Gasteiger partial charge >= 0.3 is 7.12 Å². The number of carbonyl (C=O) groups excluding carboxylic acids is 1. The van der Waals surface area contributed by atoms with Gasteiger partial charge < -0.3 is 15.4 Å². The Bertz CT molecular complexity index is 885. The average Bonchev–Trinajstić information content (AvgIpc) is 3.17. The van der Waals surface area contributed by atoms with Crippen molar-refractivity contribution >= 4 is 29.5 Å². The lowest BCUT2D eigenvalue weighted by molar-refractivity contribution is -0.124. The van der Waals surface area contributed by atoms with E-state index in [9.17, 15) is 17.8 Å². The zero-order valence-electron chi connectivity index (χ0n) is 14.7. The molecule has 1 aromatic heterocycles. The first kappa shape index (κ1) is 20.5. The van der Waals surface area contributed by atoms with Gasteiger partial charge in [0.25, 0.3) is 0 Å². The van der Waals surface area contributed by atoms with Gasteiger partial charge in [0.15, 0.2) is 0 Å². The smallest absolute Gasteiger partial charge is 0.423 e. The SMILES string of the molecule is O=C(NCc1cc(B(O)O)c(F)cn1)C1CCCN1S(=O)c1ccc(F)cc1. The van der Waals surface area contributed by atoms with Gasteiger partial charge in [-0.25, -0.2) is 17.3 Å². The number of rotatable bonds is 6. The van der Waals surface area contributed by atoms with E-state index in [1.807, 2.05) is 0 Å². The highest BCUT2D eigenvalue weighted by Crippen LogP contribution is 2.23. The molecule has 7 nitrogen and oxygen atoms in total. The predicted molar refractivity (Wildman–Crippen MR) is 98.4 cm³/mol. The Hall–Kier alpha value is -2.21. The number of nitrogens with one attached hydrogen (secondary N) is 1. The van der Waals surface area contributed by atoms with Crippen LogP contribution in [0.5, 0.6) is 0 Å². The van der Waals surface area contributed by atoms with Crippen LogP contribution in [0.25, 0.3) is 0 Å². The maximum atomic E-state index is 13.5. The minimum Gasteiger partial charge on any atom is -0.423 e. The van der Waals surface area contributed by atoms with E-state index < -0.39 is 35.8 Å². The summed E-state index contributed by atoms with van der Waals surface area (Å²) in [5.41, 5.74) is -0.0822. The van der Waals surface area contributed by atoms with E-state index in [4.69, 9.17) is 10.0 Å². The summed E-state index contributed by atoms with van der Waals surface area (Å²) in [6.07, 6.45) is 2.04. The van der Waals surface area contributed by atoms with Gasteiger partial charge in [0.05, 0.1) is 23.3 Å². The second-order valence-corrected chi connectivity index (χ2v) is 7.73. The summed E-state index contributed by atoms with van der Waals surface area (Å²) < 4.78 is 40.8. The largest absolute Gasteiger partial charge is 0.491 e. The molecule has 28 heavy (non-hydrogen) atoms. The predicted octanol–water partition coefficient (Wildman–Crippen LogP) is -0.157. The quantitative estimate of drug-likeness (QED) is 0.576. The zero-order chi connectivity index (χ0) is 20.3. The molecular weight excluding hydrogens is 391 g/mol. The summed E-state index contributed by atoms with van der Waals surface area (Å²) >= 11 is 0. The molecule has 1 aliphatic rings. The van der Waals surface area contributed by atoms with Crippen LogP contribution < -0.4 is 10.8 Å². The summed E-state index contributed by atoms with van der Waals surface area (Å²) in [4.78, 5) is 16.8. The topological polar surface area (TPSA) is 103 Å². The summed E-state index contributed by atoms with van der Waals surface area (Å²) in [6, 6.07) is 5.79. The van der Waals surface area contributed by atoms with E-state index in [1.165, 1.54) is 24.3 Å². The third-order valence-electron chi connectivity index (χ3n) is 4.40. The lowest BCUT2D eigenvalue weighted by Gasteiger charge is -2.22. The number of nitrogens with zero attached hydrogens (tertiary/aromatic N) is 2. The molecule has 0 aliphatic carbocycles. The number of benzene rings is 1. The molecule has 2 unspecified atom stereocenters. The van der Waals surface area contributed by atoms with Crippen LogP contribution in [0.1, 0.15) is 18.5 Å². The molecule has 1 amide bonds. The fraction of sp³-hybridized carbons (Fsp3) is 0.294. The molecule has 0 radical (unpaired) electrons. The van der Waals surface area contributed by atoms with Gasteiger partial charge in [-0.2, -0.15) is 0 Å². The molecular formula is C17H18BF2N3O4S. The minimum absolute atomic E-state index is 0.0492. The first-order valence-corrected chi connectivity index (χ1v) is 9.69. The number of carbonyl (C=O) groups is 1. The Labute approximate surface area is 163 Å². The zero-order valence-corrected chi connectivity index (χ0v) is 15.5. The fourth-order valence-electron chi connectivity index (χ4n) is 2.98. The Balaban J connectivity index is 1.66. The lowest BCUT2D eigenvalue weighted by Crippen LogP contribution is -2.44. The fourth-order valence-corrected chi connectivity index (χ4v) is 4.34. The number of hydrogen-bond acceptors (Lipinski definition) is 5. The molecule has 1 aromatic carbocycles. The van der Waals surface area contributed by atoms with Crippen molar-refractivity contribution in [3.63, 3.8) is 0 Å². The van der Waals surface area contributed by atoms with E-state index in [1.54, 1.807) is 4.31 Å². The van der Waals surface area contributed by atoms with Gasteiger partial charge in [-0.05, 0) is 43.2 Å². The molecule has 2 aromatic rings. The molecule has 11 heteroatoms. The van der Waals surface area contributed by atoms with Crippen LogP contribution in [-0.4, -0.2) is 49.2 Å². The first-order valence-electron chi connectivity index (χ1n) is 8.59. The molecule has 1 fully saturated rings. The van der Waals surface area contributed by atoms with Crippen molar-refractivity contribution in [3.8, 4) is 0 Å². The van der Waals surface area contributed by atoms with E-state index in [2.05, 4.69) is 10.3 Å². The van der Waals surface area contributed by atoms with Crippen LogP contribution >= 0.6 is 0 Å².